The second kappa shape index (κ2) is 9.00. The molecule has 0 amide bonds. The van der Waals surface area contributed by atoms with Crippen molar-refractivity contribution in [2.24, 2.45) is 0 Å². The molecule has 0 saturated carbocycles. The third-order valence-corrected chi connectivity index (χ3v) is 3.56. The van der Waals surface area contributed by atoms with Crippen molar-refractivity contribution in [3.8, 4) is 17.2 Å². The fourth-order valence-electron chi connectivity index (χ4n) is 2.17. The molecule has 2 rings (SSSR count). The summed E-state index contributed by atoms with van der Waals surface area (Å²) in [7, 11) is 1.45. The summed E-state index contributed by atoms with van der Waals surface area (Å²) in [4.78, 5) is 22.1. The molecule has 0 spiro atoms. The highest BCUT2D eigenvalue weighted by Crippen LogP contribution is 2.36. The molecule has 27 heavy (non-hydrogen) atoms. The van der Waals surface area contributed by atoms with Gasteiger partial charge >= 0.3 is 11.7 Å². The fraction of sp³-hybridized carbons (Fsp3) is 0.167. The van der Waals surface area contributed by atoms with Crippen LogP contribution in [0.25, 0.3) is 6.08 Å². The molecule has 0 heterocycles. The predicted molar refractivity (Wildman–Crippen MR) is 96.9 cm³/mol. The highest BCUT2D eigenvalue weighted by atomic mass is 35.5. The third kappa shape index (κ3) is 5.18. The summed E-state index contributed by atoms with van der Waals surface area (Å²) in [5.74, 6) is -1.43. The largest absolute Gasteiger partial charge is 0.491 e. The van der Waals surface area contributed by atoms with Crippen LogP contribution in [0.4, 0.5) is 10.1 Å². The number of carbonyl (C=O) groups excluding carboxylic acids is 1. The molecular formula is C18H15ClFNO6. The molecule has 0 bridgehead atoms. The summed E-state index contributed by atoms with van der Waals surface area (Å²) in [6, 6.07) is 5.72. The van der Waals surface area contributed by atoms with Crippen LogP contribution >= 0.6 is 11.6 Å². The Morgan fingerprint density at radius 1 is 1.30 bits per heavy atom. The zero-order valence-corrected chi connectivity index (χ0v) is 15.2. The normalized spacial score (nSPS) is 10.7. The van der Waals surface area contributed by atoms with Gasteiger partial charge in [-0.1, -0.05) is 11.6 Å². The molecule has 0 atom stereocenters. The number of esters is 1. The molecule has 7 nitrogen and oxygen atoms in total. The van der Waals surface area contributed by atoms with Crippen LogP contribution in [0.2, 0.25) is 5.02 Å². The third-order valence-electron chi connectivity index (χ3n) is 3.28. The quantitative estimate of drug-likeness (QED) is 0.227. The van der Waals surface area contributed by atoms with Gasteiger partial charge in [-0.2, -0.15) is 0 Å². The molecule has 0 fully saturated rings. The van der Waals surface area contributed by atoms with Crippen molar-refractivity contribution < 1.29 is 28.3 Å². The molecule has 0 saturated heterocycles. The minimum absolute atomic E-state index is 0.275. The van der Waals surface area contributed by atoms with Crippen molar-refractivity contribution >= 4 is 29.3 Å². The summed E-state index contributed by atoms with van der Waals surface area (Å²) in [5.41, 5.74) is -0.0146. The Morgan fingerprint density at radius 3 is 2.67 bits per heavy atom. The number of hydrogen-bond donors (Lipinski definition) is 0. The van der Waals surface area contributed by atoms with Crippen molar-refractivity contribution in [2.75, 3.05) is 13.7 Å². The average Bonchev–Trinajstić information content (AvgIpc) is 2.60. The first-order chi connectivity index (χ1) is 12.8. The van der Waals surface area contributed by atoms with Gasteiger partial charge < -0.3 is 14.2 Å². The Morgan fingerprint density at radius 2 is 2.04 bits per heavy atom. The summed E-state index contributed by atoms with van der Waals surface area (Å²) in [6.45, 7) is 2.17. The molecule has 0 unspecified atom stereocenters. The van der Waals surface area contributed by atoms with Crippen molar-refractivity contribution in [3.63, 3.8) is 0 Å². The van der Waals surface area contributed by atoms with E-state index >= 15 is 0 Å². The lowest BCUT2D eigenvalue weighted by Gasteiger charge is -2.11. The molecule has 142 valence electrons. The van der Waals surface area contributed by atoms with Gasteiger partial charge in [-0.25, -0.2) is 9.18 Å². The van der Waals surface area contributed by atoms with E-state index in [4.69, 9.17) is 25.8 Å². The molecule has 0 aliphatic rings. The van der Waals surface area contributed by atoms with E-state index in [-0.39, 0.29) is 5.02 Å². The van der Waals surface area contributed by atoms with Gasteiger partial charge in [-0.15, -0.1) is 0 Å². The monoisotopic (exact) mass is 395 g/mol. The smallest absolute Gasteiger partial charge is 0.336 e. The van der Waals surface area contributed by atoms with Crippen LogP contribution in [-0.4, -0.2) is 24.6 Å². The van der Waals surface area contributed by atoms with Gasteiger partial charge in [-0.05, 0) is 36.8 Å². The van der Waals surface area contributed by atoms with Crippen molar-refractivity contribution in [3.05, 3.63) is 62.9 Å². The van der Waals surface area contributed by atoms with E-state index in [1.165, 1.54) is 19.3 Å². The number of nitro groups is 1. The van der Waals surface area contributed by atoms with Gasteiger partial charge in [0, 0.05) is 18.2 Å². The van der Waals surface area contributed by atoms with E-state index in [1.54, 1.807) is 13.0 Å². The Hall–Kier alpha value is -3.13. The van der Waals surface area contributed by atoms with Gasteiger partial charge in [0.25, 0.3) is 0 Å². The average molecular weight is 396 g/mol. The van der Waals surface area contributed by atoms with Gasteiger partial charge in [0.1, 0.15) is 5.82 Å². The van der Waals surface area contributed by atoms with Crippen molar-refractivity contribution in [2.45, 2.75) is 6.92 Å². The molecule has 0 N–H and O–H groups in total. The molecule has 2 aromatic rings. The maximum absolute atomic E-state index is 13.3. The number of nitrogens with zero attached hydrogens (tertiary/aromatic N) is 1. The van der Waals surface area contributed by atoms with Crippen LogP contribution in [-0.2, 0) is 4.79 Å². The Balaban J connectivity index is 2.23. The van der Waals surface area contributed by atoms with Crippen LogP contribution in [0, 0.1) is 15.9 Å². The van der Waals surface area contributed by atoms with E-state index in [0.717, 1.165) is 24.3 Å². The van der Waals surface area contributed by atoms with E-state index in [0.29, 0.717) is 23.7 Å². The van der Waals surface area contributed by atoms with Gasteiger partial charge in [0.15, 0.2) is 11.5 Å². The van der Waals surface area contributed by atoms with Crippen LogP contribution in [0.5, 0.6) is 17.2 Å². The van der Waals surface area contributed by atoms with E-state index < -0.39 is 28.1 Å². The minimum atomic E-state index is -0.923. The molecular weight excluding hydrogens is 381 g/mol. The number of nitro benzene ring substituents is 1. The van der Waals surface area contributed by atoms with Crippen molar-refractivity contribution in [1.29, 1.82) is 0 Å². The topological polar surface area (TPSA) is 87.9 Å². The number of hydrogen-bond acceptors (Lipinski definition) is 6. The van der Waals surface area contributed by atoms with Crippen LogP contribution in [0.1, 0.15) is 12.5 Å². The zero-order chi connectivity index (χ0) is 20.0. The van der Waals surface area contributed by atoms with Crippen molar-refractivity contribution in [1.82, 2.24) is 0 Å². The molecule has 0 aromatic heterocycles. The number of ether oxygens (including phenoxy) is 3. The first-order valence-corrected chi connectivity index (χ1v) is 8.07. The first-order valence-electron chi connectivity index (χ1n) is 7.69. The Bertz CT molecular complexity index is 900. The second-order valence-corrected chi connectivity index (χ2v) is 5.50. The number of benzene rings is 2. The second-order valence-electron chi connectivity index (χ2n) is 5.09. The van der Waals surface area contributed by atoms with E-state index in [2.05, 4.69) is 0 Å². The Labute approximate surface area is 159 Å². The highest BCUT2D eigenvalue weighted by Gasteiger charge is 2.18. The number of methoxy groups -OCH3 is 1. The summed E-state index contributed by atoms with van der Waals surface area (Å²) >= 11 is 6.12. The summed E-state index contributed by atoms with van der Waals surface area (Å²) in [5, 5.41) is 11.2. The van der Waals surface area contributed by atoms with Crippen LogP contribution in [0.15, 0.2) is 36.4 Å². The number of rotatable bonds is 7. The molecule has 2 aromatic carbocycles. The fourth-order valence-corrected chi connectivity index (χ4v) is 2.47. The maximum Gasteiger partial charge on any atom is 0.336 e. The summed E-state index contributed by atoms with van der Waals surface area (Å²) < 4.78 is 28.7. The van der Waals surface area contributed by atoms with Crippen LogP contribution in [0.3, 0.4) is 0 Å². The lowest BCUT2D eigenvalue weighted by molar-refractivity contribution is -0.385. The Kier molecular flexibility index (Phi) is 6.73. The molecule has 9 heteroatoms. The lowest BCUT2D eigenvalue weighted by Crippen LogP contribution is -2.06. The lowest BCUT2D eigenvalue weighted by atomic mass is 10.2. The van der Waals surface area contributed by atoms with Gasteiger partial charge in [0.05, 0.1) is 23.7 Å². The number of carbonyl (C=O) groups is 1. The van der Waals surface area contributed by atoms with E-state index in [1.807, 2.05) is 0 Å². The SMILES string of the molecule is CCOc1cc(C=CC(=O)Oc2cc(F)ccc2[N+](=O)[O-])cc(Cl)c1OC. The molecule has 0 aliphatic carbocycles. The minimum Gasteiger partial charge on any atom is -0.491 e. The number of halogens is 2. The zero-order valence-electron chi connectivity index (χ0n) is 14.4. The predicted octanol–water partition coefficient (Wildman–Crippen LogP) is 4.41. The molecule has 0 radical (unpaired) electrons. The first kappa shape index (κ1) is 20.2. The standard InChI is InChI=1S/C18H15ClFNO6/c1-3-26-16-9-11(8-13(19)18(16)25-2)4-7-17(22)27-15-10-12(20)5-6-14(15)21(23)24/h4-10H,3H2,1-2H3. The van der Waals surface area contributed by atoms with E-state index in [9.17, 15) is 19.3 Å². The molecule has 0 aliphatic heterocycles. The van der Waals surface area contributed by atoms with Gasteiger partial charge in [-0.3, -0.25) is 10.1 Å². The summed E-state index contributed by atoms with van der Waals surface area (Å²) in [6.07, 6.45) is 2.41. The van der Waals surface area contributed by atoms with Crippen LogP contribution < -0.4 is 14.2 Å². The maximum atomic E-state index is 13.3. The highest BCUT2D eigenvalue weighted by molar-refractivity contribution is 6.32. The van der Waals surface area contributed by atoms with Gasteiger partial charge in [0.2, 0.25) is 5.75 Å².